The van der Waals surface area contributed by atoms with Gasteiger partial charge in [-0.25, -0.2) is 4.79 Å². The highest BCUT2D eigenvalue weighted by molar-refractivity contribution is 6.29. The van der Waals surface area contributed by atoms with Gasteiger partial charge in [0.1, 0.15) is 6.10 Å². The molecule has 2 aromatic heterocycles. The van der Waals surface area contributed by atoms with E-state index in [1.54, 1.807) is 5.57 Å². The maximum absolute atomic E-state index is 11.5. The number of hydrogen-bond donors (Lipinski definition) is 1. The summed E-state index contributed by atoms with van der Waals surface area (Å²) in [5.74, 6) is 0. The molecular weight excluding hydrogens is 708 g/mol. The molecule has 3 heterocycles. The predicted octanol–water partition coefficient (Wildman–Crippen LogP) is 7.67. The van der Waals surface area contributed by atoms with Crippen LogP contribution in [-0.4, -0.2) is 76.3 Å². The zero-order valence-electron chi connectivity index (χ0n) is 32.2. The van der Waals surface area contributed by atoms with Crippen LogP contribution < -0.4 is 11.2 Å². The quantitative estimate of drug-likeness (QED) is 0.175. The van der Waals surface area contributed by atoms with Crippen molar-refractivity contribution in [2.75, 3.05) is 47.4 Å². The second kappa shape index (κ2) is 18.3. The third kappa shape index (κ3) is 9.50. The summed E-state index contributed by atoms with van der Waals surface area (Å²) in [6.45, 7) is 3.98. The smallest absolute Gasteiger partial charge is 0.332 e. The first-order chi connectivity index (χ1) is 26.6. The maximum Gasteiger partial charge on any atom is 0.332 e. The van der Waals surface area contributed by atoms with E-state index in [-0.39, 0.29) is 22.6 Å². The van der Waals surface area contributed by atoms with Crippen LogP contribution in [0.15, 0.2) is 124 Å². The number of imidazole rings is 1. The number of H-pyrrole nitrogens is 1. The molecule has 55 heavy (non-hydrogen) atoms. The summed E-state index contributed by atoms with van der Waals surface area (Å²) in [7, 11) is 9.27. The van der Waals surface area contributed by atoms with Crippen LogP contribution in [0.1, 0.15) is 52.3 Å². The van der Waals surface area contributed by atoms with Crippen molar-refractivity contribution in [3.63, 3.8) is 0 Å². The molecule has 1 fully saturated rings. The van der Waals surface area contributed by atoms with E-state index in [0.29, 0.717) is 0 Å². The highest BCUT2D eigenvalue weighted by Crippen LogP contribution is 2.38. The van der Waals surface area contributed by atoms with Crippen molar-refractivity contribution in [3.8, 4) is 0 Å². The molecule has 0 bridgehead atoms. The number of benzene rings is 4. The van der Waals surface area contributed by atoms with E-state index in [2.05, 4.69) is 150 Å². The van der Waals surface area contributed by atoms with Crippen LogP contribution in [0.3, 0.4) is 0 Å². The second-order valence-corrected chi connectivity index (χ2v) is 14.5. The van der Waals surface area contributed by atoms with Crippen molar-refractivity contribution < 1.29 is 4.74 Å². The van der Waals surface area contributed by atoms with Gasteiger partial charge in [-0.05, 0) is 84.5 Å². The molecule has 0 unspecified atom stereocenters. The van der Waals surface area contributed by atoms with Gasteiger partial charge in [0.05, 0.1) is 6.61 Å². The molecule has 0 atom stereocenters. The molecule has 0 spiro atoms. The van der Waals surface area contributed by atoms with E-state index in [1.165, 1.54) is 70.5 Å². The number of aryl methyl sites for hydroxylation is 1. The molecule has 8 rings (SSSR count). The molecule has 9 nitrogen and oxygen atoms in total. The van der Waals surface area contributed by atoms with E-state index in [0.717, 1.165) is 30.8 Å². The van der Waals surface area contributed by atoms with Crippen LogP contribution in [0.25, 0.3) is 28.9 Å². The van der Waals surface area contributed by atoms with Gasteiger partial charge in [-0.2, -0.15) is 4.98 Å². The van der Waals surface area contributed by atoms with Crippen LogP contribution in [0.2, 0.25) is 5.28 Å². The topological polar surface area (TPSA) is 88.4 Å². The van der Waals surface area contributed by atoms with Gasteiger partial charge >= 0.3 is 5.69 Å². The van der Waals surface area contributed by atoms with Crippen molar-refractivity contribution in [2.45, 2.75) is 18.9 Å². The summed E-state index contributed by atoms with van der Waals surface area (Å²) in [5.41, 5.74) is 10.6. The Morgan fingerprint density at radius 1 is 0.745 bits per heavy atom. The number of nitrogens with zero attached hydrogens (tertiary/aromatic N) is 5. The average molecular weight is 757 g/mol. The maximum atomic E-state index is 11.5. The van der Waals surface area contributed by atoms with Crippen LogP contribution in [0.5, 0.6) is 0 Å². The molecule has 0 radical (unpaired) electrons. The van der Waals surface area contributed by atoms with Crippen molar-refractivity contribution in [1.82, 2.24) is 28.9 Å². The lowest BCUT2D eigenvalue weighted by Crippen LogP contribution is -2.36. The molecule has 6 aromatic rings. The van der Waals surface area contributed by atoms with Crippen LogP contribution in [0, 0.1) is 0 Å². The Morgan fingerprint density at radius 2 is 1.25 bits per heavy atom. The second-order valence-electron chi connectivity index (χ2n) is 14.1. The fraction of sp³-hybridized carbons (Fsp3) is 0.267. The van der Waals surface area contributed by atoms with Gasteiger partial charge in [-0.1, -0.05) is 127 Å². The summed E-state index contributed by atoms with van der Waals surface area (Å²) in [6.07, 6.45) is 6.89. The molecule has 1 aliphatic carbocycles. The molecular formula is C45H49ClN6O3. The largest absolute Gasteiger partial charge is 0.367 e. The average Bonchev–Trinajstić information content (AvgIpc) is 3.53. The molecule has 10 heteroatoms. The van der Waals surface area contributed by atoms with Gasteiger partial charge in [0.25, 0.3) is 5.56 Å². The monoisotopic (exact) mass is 756 g/mol. The molecule has 1 saturated heterocycles. The van der Waals surface area contributed by atoms with Gasteiger partial charge in [0, 0.05) is 33.7 Å². The molecule has 284 valence electrons. The SMILES string of the molecule is CN(C)CCOC(c1ccccc1)c1ccccc1.CN1CCC(=C2c3ccccc3C=Cc3ccccc32)CC1.Cn1c(=O)c2[nH]c(Cl)nc2n(C)c1=O. The van der Waals surface area contributed by atoms with E-state index in [1.807, 2.05) is 12.1 Å². The first-order valence-corrected chi connectivity index (χ1v) is 18.9. The van der Waals surface area contributed by atoms with Gasteiger partial charge in [-0.15, -0.1) is 0 Å². The lowest BCUT2D eigenvalue weighted by molar-refractivity contribution is 0.0687. The van der Waals surface area contributed by atoms with Crippen molar-refractivity contribution in [1.29, 1.82) is 0 Å². The number of halogens is 1. The van der Waals surface area contributed by atoms with E-state index >= 15 is 0 Å². The Morgan fingerprint density at radius 3 is 1.78 bits per heavy atom. The fourth-order valence-corrected chi connectivity index (χ4v) is 7.05. The van der Waals surface area contributed by atoms with Gasteiger partial charge < -0.3 is 19.5 Å². The van der Waals surface area contributed by atoms with E-state index in [4.69, 9.17) is 16.3 Å². The number of fused-ring (bicyclic) bond motifs is 3. The molecule has 4 aromatic carbocycles. The van der Waals surface area contributed by atoms with E-state index in [9.17, 15) is 9.59 Å². The Hall–Kier alpha value is -5.32. The number of nitrogens with one attached hydrogen (secondary N) is 1. The Bertz CT molecular complexity index is 2290. The van der Waals surface area contributed by atoms with Crippen molar-refractivity contribution in [3.05, 3.63) is 174 Å². The number of rotatable bonds is 6. The number of aromatic nitrogens is 4. The van der Waals surface area contributed by atoms with Crippen molar-refractivity contribution >= 4 is 40.5 Å². The highest BCUT2D eigenvalue weighted by Gasteiger charge is 2.21. The number of ether oxygens (including phenoxy) is 1. The summed E-state index contributed by atoms with van der Waals surface area (Å²) in [6, 6.07) is 38.4. The Labute approximate surface area is 327 Å². The lowest BCUT2D eigenvalue weighted by Gasteiger charge is -2.27. The highest BCUT2D eigenvalue weighted by atomic mass is 35.5. The lowest BCUT2D eigenvalue weighted by atomic mass is 9.86. The molecule has 2 aliphatic rings. The normalized spacial score (nSPS) is 13.8. The molecule has 1 N–H and O–H groups in total. The summed E-state index contributed by atoms with van der Waals surface area (Å²) in [5, 5.41) is 0.0956. The molecule has 1 aliphatic heterocycles. The Balaban J connectivity index is 0.000000144. The summed E-state index contributed by atoms with van der Waals surface area (Å²) >= 11 is 5.60. The van der Waals surface area contributed by atoms with Gasteiger partial charge in [0.2, 0.25) is 5.28 Å². The zero-order chi connectivity index (χ0) is 38.9. The van der Waals surface area contributed by atoms with E-state index < -0.39 is 11.2 Å². The van der Waals surface area contributed by atoms with Crippen LogP contribution in [-0.2, 0) is 18.8 Å². The van der Waals surface area contributed by atoms with Crippen LogP contribution >= 0.6 is 11.6 Å². The zero-order valence-corrected chi connectivity index (χ0v) is 33.0. The standard InChI is InChI=1S/C21H21N.C17H21NO.C7H7ClN4O2/c1-22-14-12-18(13-15-22)21-19-8-4-2-6-16(19)10-11-17-7-3-5-9-20(17)21;1-18(2)13-14-19-17(15-9-5-3-6-10-15)16-11-7-4-8-12-16;1-11-4-3(9-6(8)10-4)5(13)12(2)7(11)14/h2-11H,12-15H2,1H3;3-12,17H,13-14H2,1-2H3;1-2H3,(H,9,10). The Kier molecular flexibility index (Phi) is 13.1. The third-order valence-electron chi connectivity index (χ3n) is 9.94. The molecule has 0 amide bonds. The fourth-order valence-electron chi connectivity index (χ4n) is 6.88. The number of aromatic amines is 1. The number of likely N-dealkylation sites (tertiary alicyclic amines) is 1. The van der Waals surface area contributed by atoms with Gasteiger partial charge in [-0.3, -0.25) is 13.9 Å². The number of piperidine rings is 1. The predicted molar refractivity (Wildman–Crippen MR) is 225 cm³/mol. The number of hydrogen-bond acceptors (Lipinski definition) is 6. The minimum Gasteiger partial charge on any atom is -0.367 e. The number of likely N-dealkylation sites (N-methyl/N-ethyl adjacent to an activating group) is 1. The van der Waals surface area contributed by atoms with Gasteiger partial charge in [0.15, 0.2) is 11.2 Å². The first kappa shape index (κ1) is 39.4. The first-order valence-electron chi connectivity index (χ1n) is 18.6. The van der Waals surface area contributed by atoms with Crippen LogP contribution in [0.4, 0.5) is 0 Å². The minimum atomic E-state index is -0.428. The van der Waals surface area contributed by atoms with Crippen molar-refractivity contribution in [2.24, 2.45) is 14.1 Å². The third-order valence-corrected chi connectivity index (χ3v) is 10.1. The molecule has 0 saturated carbocycles. The minimum absolute atomic E-state index is 0.0161. The summed E-state index contributed by atoms with van der Waals surface area (Å²) < 4.78 is 8.34. The summed E-state index contributed by atoms with van der Waals surface area (Å²) in [4.78, 5) is 34.0.